The molecule has 0 radical (unpaired) electrons. The number of pyridine rings is 1. The molecule has 0 aliphatic heterocycles. The number of nitrogens with zero attached hydrogens (tertiary/aromatic N) is 1. The summed E-state index contributed by atoms with van der Waals surface area (Å²) in [6, 6.07) is 4.65. The Morgan fingerprint density at radius 2 is 2.25 bits per heavy atom. The Hall–Kier alpha value is -1.92. The molecular formula is C14H16N2O3S. The van der Waals surface area contributed by atoms with Crippen LogP contribution in [-0.4, -0.2) is 22.1 Å². The van der Waals surface area contributed by atoms with E-state index in [9.17, 15) is 14.7 Å². The Labute approximate surface area is 120 Å². The van der Waals surface area contributed by atoms with E-state index in [2.05, 4.69) is 5.32 Å². The molecule has 0 bridgehead atoms. The lowest BCUT2D eigenvalue weighted by atomic mass is 9.99. The molecule has 5 nitrogen and oxygen atoms in total. The van der Waals surface area contributed by atoms with Gasteiger partial charge >= 0.3 is 0 Å². The van der Waals surface area contributed by atoms with Crippen LogP contribution in [0.3, 0.4) is 0 Å². The van der Waals surface area contributed by atoms with Crippen molar-refractivity contribution in [3.63, 3.8) is 0 Å². The van der Waals surface area contributed by atoms with Gasteiger partial charge in [0.25, 0.3) is 11.5 Å². The molecule has 0 aliphatic rings. The number of carbonyl (C=O) groups excluding carboxylic acids is 1. The van der Waals surface area contributed by atoms with Crippen LogP contribution < -0.4 is 10.9 Å². The molecule has 0 fully saturated rings. The van der Waals surface area contributed by atoms with Gasteiger partial charge in [0.15, 0.2) is 0 Å². The van der Waals surface area contributed by atoms with Crippen molar-refractivity contribution in [3.05, 3.63) is 56.6 Å². The normalized spacial score (nSPS) is 13.8. The molecule has 6 heteroatoms. The molecule has 0 saturated carbocycles. The molecule has 1 atom stereocenters. The van der Waals surface area contributed by atoms with Crippen LogP contribution >= 0.6 is 11.3 Å². The Morgan fingerprint density at radius 1 is 1.50 bits per heavy atom. The smallest absolute Gasteiger partial charge is 0.251 e. The number of rotatable bonds is 4. The summed E-state index contributed by atoms with van der Waals surface area (Å²) in [4.78, 5) is 23.4. The first-order valence-electron chi connectivity index (χ1n) is 6.10. The SMILES string of the molecule is Cn1ccc(C(=O)NCC(C)(O)c2ccsc2)cc1=O. The van der Waals surface area contributed by atoms with Crippen molar-refractivity contribution in [1.82, 2.24) is 9.88 Å². The van der Waals surface area contributed by atoms with Crippen molar-refractivity contribution < 1.29 is 9.90 Å². The zero-order valence-electron chi connectivity index (χ0n) is 11.3. The molecule has 0 spiro atoms. The highest BCUT2D eigenvalue weighted by atomic mass is 32.1. The molecule has 1 unspecified atom stereocenters. The third-order valence-corrected chi connectivity index (χ3v) is 3.79. The first kappa shape index (κ1) is 14.5. The predicted octanol–water partition coefficient (Wildman–Crippen LogP) is 1.08. The first-order valence-corrected chi connectivity index (χ1v) is 7.04. The molecule has 2 heterocycles. The molecular weight excluding hydrogens is 276 g/mol. The second kappa shape index (κ2) is 5.60. The fourth-order valence-corrected chi connectivity index (χ4v) is 2.50. The predicted molar refractivity (Wildman–Crippen MR) is 77.9 cm³/mol. The molecule has 106 valence electrons. The minimum absolute atomic E-state index is 0.0811. The quantitative estimate of drug-likeness (QED) is 0.886. The van der Waals surface area contributed by atoms with Gasteiger partial charge in [0.2, 0.25) is 0 Å². The number of amides is 1. The number of nitrogens with one attached hydrogen (secondary N) is 1. The van der Waals surface area contributed by atoms with Crippen LogP contribution in [-0.2, 0) is 12.6 Å². The van der Waals surface area contributed by atoms with E-state index < -0.39 is 5.60 Å². The molecule has 0 aliphatic carbocycles. The van der Waals surface area contributed by atoms with Crippen molar-refractivity contribution in [1.29, 1.82) is 0 Å². The number of hydrogen-bond acceptors (Lipinski definition) is 4. The highest BCUT2D eigenvalue weighted by Gasteiger charge is 2.24. The highest BCUT2D eigenvalue weighted by molar-refractivity contribution is 7.08. The van der Waals surface area contributed by atoms with E-state index >= 15 is 0 Å². The molecule has 1 amide bonds. The standard InChI is InChI=1S/C14H16N2O3S/c1-14(19,11-4-6-20-8-11)9-15-13(18)10-3-5-16(2)12(17)7-10/h3-8,19H,9H2,1-2H3,(H,15,18). The topological polar surface area (TPSA) is 71.3 Å². The Morgan fingerprint density at radius 3 is 2.85 bits per heavy atom. The lowest BCUT2D eigenvalue weighted by Crippen LogP contribution is -2.38. The molecule has 2 aromatic heterocycles. The van der Waals surface area contributed by atoms with E-state index in [-0.39, 0.29) is 23.6 Å². The van der Waals surface area contributed by atoms with Crippen molar-refractivity contribution in [2.45, 2.75) is 12.5 Å². The monoisotopic (exact) mass is 292 g/mol. The second-order valence-electron chi connectivity index (χ2n) is 4.83. The maximum atomic E-state index is 12.0. The zero-order valence-corrected chi connectivity index (χ0v) is 12.1. The summed E-state index contributed by atoms with van der Waals surface area (Å²) in [5.41, 5.74) is -0.335. The van der Waals surface area contributed by atoms with Crippen molar-refractivity contribution in [2.24, 2.45) is 7.05 Å². The molecule has 20 heavy (non-hydrogen) atoms. The minimum atomic E-state index is -1.13. The molecule has 0 saturated heterocycles. The number of carbonyl (C=O) groups is 1. The van der Waals surface area contributed by atoms with Crippen LogP contribution in [0.25, 0.3) is 0 Å². The van der Waals surface area contributed by atoms with Crippen LogP contribution in [0.4, 0.5) is 0 Å². The van der Waals surface area contributed by atoms with Crippen LogP contribution in [0.1, 0.15) is 22.8 Å². The van der Waals surface area contributed by atoms with Crippen molar-refractivity contribution >= 4 is 17.2 Å². The van der Waals surface area contributed by atoms with Gasteiger partial charge in [0, 0.05) is 24.9 Å². The van der Waals surface area contributed by atoms with Crippen molar-refractivity contribution in [2.75, 3.05) is 6.54 Å². The molecule has 2 rings (SSSR count). The number of hydrogen-bond donors (Lipinski definition) is 2. The Bertz CT molecular complexity index is 659. The summed E-state index contributed by atoms with van der Waals surface area (Å²) in [6.45, 7) is 1.72. The summed E-state index contributed by atoms with van der Waals surface area (Å²) >= 11 is 1.48. The fraction of sp³-hybridized carbons (Fsp3) is 0.286. The van der Waals surface area contributed by atoms with Gasteiger partial charge in [0.05, 0.1) is 6.54 Å². The van der Waals surface area contributed by atoms with Gasteiger partial charge < -0.3 is 15.0 Å². The third kappa shape index (κ3) is 3.15. The second-order valence-corrected chi connectivity index (χ2v) is 5.61. The summed E-state index contributed by atoms with van der Waals surface area (Å²) in [5, 5.41) is 16.6. The maximum Gasteiger partial charge on any atom is 0.251 e. The van der Waals surface area contributed by atoms with Gasteiger partial charge in [0.1, 0.15) is 5.60 Å². The number of aryl methyl sites for hydroxylation is 1. The number of aliphatic hydroxyl groups is 1. The summed E-state index contributed by atoms with van der Waals surface area (Å²) in [7, 11) is 1.62. The van der Waals surface area contributed by atoms with E-state index in [0.717, 1.165) is 5.56 Å². The average Bonchev–Trinajstić information content (AvgIpc) is 2.94. The first-order chi connectivity index (χ1) is 9.40. The van der Waals surface area contributed by atoms with Gasteiger partial charge in [-0.2, -0.15) is 11.3 Å². The molecule has 2 aromatic rings. The fourth-order valence-electron chi connectivity index (χ4n) is 1.72. The van der Waals surface area contributed by atoms with E-state index in [1.807, 2.05) is 16.8 Å². The minimum Gasteiger partial charge on any atom is -0.384 e. The van der Waals surface area contributed by atoms with Crippen molar-refractivity contribution in [3.8, 4) is 0 Å². The highest BCUT2D eigenvalue weighted by Crippen LogP contribution is 2.22. The van der Waals surface area contributed by atoms with E-state index in [1.165, 1.54) is 28.2 Å². The number of aromatic nitrogens is 1. The summed E-state index contributed by atoms with van der Waals surface area (Å²) < 4.78 is 1.39. The van der Waals surface area contributed by atoms with Gasteiger partial charge in [-0.15, -0.1) is 0 Å². The van der Waals surface area contributed by atoms with Gasteiger partial charge in [-0.05, 0) is 35.4 Å². The van der Waals surface area contributed by atoms with E-state index in [4.69, 9.17) is 0 Å². The van der Waals surface area contributed by atoms with Crippen LogP contribution in [0, 0.1) is 0 Å². The Kier molecular flexibility index (Phi) is 4.06. The van der Waals surface area contributed by atoms with E-state index in [1.54, 1.807) is 20.0 Å². The zero-order chi connectivity index (χ0) is 14.8. The van der Waals surface area contributed by atoms with Crippen LogP contribution in [0.2, 0.25) is 0 Å². The summed E-state index contributed by atoms with van der Waals surface area (Å²) in [6.07, 6.45) is 1.54. The lowest BCUT2D eigenvalue weighted by Gasteiger charge is -2.22. The Balaban J connectivity index is 2.05. The average molecular weight is 292 g/mol. The maximum absolute atomic E-state index is 12.0. The van der Waals surface area contributed by atoms with E-state index in [0.29, 0.717) is 0 Å². The van der Waals surface area contributed by atoms with Gasteiger partial charge in [-0.25, -0.2) is 0 Å². The van der Waals surface area contributed by atoms with Gasteiger partial charge in [-0.3, -0.25) is 9.59 Å². The summed E-state index contributed by atoms with van der Waals surface area (Å²) in [5.74, 6) is -0.377. The largest absolute Gasteiger partial charge is 0.384 e. The molecule has 2 N–H and O–H groups in total. The molecule has 0 aromatic carbocycles. The third-order valence-electron chi connectivity index (χ3n) is 3.10. The lowest BCUT2D eigenvalue weighted by molar-refractivity contribution is 0.0530. The number of thiophene rings is 1. The van der Waals surface area contributed by atoms with Crippen LogP contribution in [0.15, 0.2) is 40.0 Å². The van der Waals surface area contributed by atoms with Crippen LogP contribution in [0.5, 0.6) is 0 Å². The van der Waals surface area contributed by atoms with Gasteiger partial charge in [-0.1, -0.05) is 0 Å².